The van der Waals surface area contributed by atoms with E-state index in [1.807, 2.05) is 17.9 Å². The van der Waals surface area contributed by atoms with Crippen LogP contribution in [0.5, 0.6) is 0 Å². The fourth-order valence-electron chi connectivity index (χ4n) is 4.71. The van der Waals surface area contributed by atoms with Crippen molar-refractivity contribution in [3.63, 3.8) is 0 Å². The van der Waals surface area contributed by atoms with Gasteiger partial charge in [-0.1, -0.05) is 0 Å². The van der Waals surface area contributed by atoms with Gasteiger partial charge in [0.05, 0.1) is 12.1 Å². The van der Waals surface area contributed by atoms with Crippen LogP contribution in [-0.4, -0.2) is 51.9 Å². The Morgan fingerprint density at radius 2 is 2.03 bits per heavy atom. The Kier molecular flexibility index (Phi) is 5.55. The number of benzene rings is 1. The van der Waals surface area contributed by atoms with Crippen LogP contribution in [0.3, 0.4) is 0 Å². The highest BCUT2D eigenvalue weighted by Crippen LogP contribution is 2.40. The van der Waals surface area contributed by atoms with Gasteiger partial charge in [0.2, 0.25) is 5.95 Å². The minimum absolute atomic E-state index is 0.112. The van der Waals surface area contributed by atoms with Crippen LogP contribution in [0, 0.1) is 12.7 Å². The number of nitrogens with one attached hydrogen (secondary N) is 1. The summed E-state index contributed by atoms with van der Waals surface area (Å²) in [6, 6.07) is 4.64. The number of aryl methyl sites for hydroxylation is 1. The Labute approximate surface area is 207 Å². The van der Waals surface area contributed by atoms with Gasteiger partial charge in [-0.2, -0.15) is 4.98 Å². The second kappa shape index (κ2) is 8.49. The summed E-state index contributed by atoms with van der Waals surface area (Å²) in [6.07, 6.45) is 5.06. The van der Waals surface area contributed by atoms with Gasteiger partial charge in [0.25, 0.3) is 5.91 Å². The number of nitrogens with zero attached hydrogens (tertiary/aromatic N) is 5. The minimum atomic E-state index is -1.38. The van der Waals surface area contributed by atoms with Crippen molar-refractivity contribution in [3.8, 4) is 11.1 Å². The number of halogens is 1. The zero-order valence-corrected chi connectivity index (χ0v) is 20.4. The number of hydrogen-bond acceptors (Lipinski definition) is 8. The van der Waals surface area contributed by atoms with Gasteiger partial charge in [0.15, 0.2) is 0 Å². The molecule has 36 heavy (non-hydrogen) atoms. The Hall–Kier alpha value is -4.18. The van der Waals surface area contributed by atoms with Gasteiger partial charge >= 0.3 is 0 Å². The summed E-state index contributed by atoms with van der Waals surface area (Å²) >= 11 is 0. The summed E-state index contributed by atoms with van der Waals surface area (Å²) in [5.41, 5.74) is 7.75. The van der Waals surface area contributed by atoms with Crippen LogP contribution in [0.15, 0.2) is 35.6 Å². The van der Waals surface area contributed by atoms with Crippen molar-refractivity contribution >= 4 is 35.2 Å². The first-order chi connectivity index (χ1) is 17.1. The number of rotatable bonds is 5. The summed E-state index contributed by atoms with van der Waals surface area (Å²) in [5, 5.41) is 13.8. The summed E-state index contributed by atoms with van der Waals surface area (Å²) in [4.78, 5) is 32.1. The number of pyridine rings is 1. The highest BCUT2D eigenvalue weighted by Gasteiger charge is 2.33. The molecule has 1 aromatic carbocycles. The number of amidine groups is 1. The molecule has 1 amide bonds. The van der Waals surface area contributed by atoms with Gasteiger partial charge in [-0.3, -0.25) is 14.8 Å². The summed E-state index contributed by atoms with van der Waals surface area (Å²) < 4.78 is 15.5. The molecule has 0 spiro atoms. The smallest absolute Gasteiger partial charge is 0.267 e. The monoisotopic (exact) mass is 487 g/mol. The number of carbonyl (C=O) groups is 1. The Morgan fingerprint density at radius 1 is 1.25 bits per heavy atom. The molecule has 10 heteroatoms. The minimum Gasteiger partial charge on any atom is -0.386 e. The Bertz CT molecular complexity index is 1470. The molecule has 9 nitrogen and oxygen atoms in total. The van der Waals surface area contributed by atoms with E-state index in [0.717, 1.165) is 28.4 Å². The molecule has 4 heterocycles. The Morgan fingerprint density at radius 3 is 2.72 bits per heavy atom. The van der Waals surface area contributed by atoms with Crippen LogP contribution >= 0.6 is 0 Å². The quantitative estimate of drug-likeness (QED) is 0.504. The third-order valence-corrected chi connectivity index (χ3v) is 6.37. The van der Waals surface area contributed by atoms with E-state index in [0.29, 0.717) is 30.2 Å². The van der Waals surface area contributed by atoms with Gasteiger partial charge < -0.3 is 21.1 Å². The highest BCUT2D eigenvalue weighted by atomic mass is 19.1. The van der Waals surface area contributed by atoms with Crippen LogP contribution in [0.1, 0.15) is 46.6 Å². The summed E-state index contributed by atoms with van der Waals surface area (Å²) in [5.74, 6) is 0.621. The molecule has 3 aromatic rings. The van der Waals surface area contributed by atoms with Gasteiger partial charge in [-0.25, -0.2) is 9.37 Å². The number of primary amides is 1. The van der Waals surface area contributed by atoms with Crippen molar-refractivity contribution in [2.75, 3.05) is 30.4 Å². The molecule has 0 atom stereocenters. The lowest BCUT2D eigenvalue weighted by molar-refractivity contribution is 0.0789. The number of anilines is 2. The van der Waals surface area contributed by atoms with Crippen molar-refractivity contribution < 1.29 is 14.3 Å². The molecule has 0 saturated heterocycles. The van der Waals surface area contributed by atoms with E-state index in [9.17, 15) is 9.90 Å². The van der Waals surface area contributed by atoms with E-state index in [2.05, 4.69) is 20.3 Å². The van der Waals surface area contributed by atoms with Crippen LogP contribution in [0.2, 0.25) is 0 Å². The molecule has 4 N–H and O–H groups in total. The average Bonchev–Trinajstić information content (AvgIpc) is 3.33. The standard InChI is InChI=1S/C26H26FN7O2/c1-13-9-19(27)17(20-18(26(2,3)36)5-6-30-21(20)22(28)35)11-15(13)16-10-14-12-32-25(29-4)33-23(14)34-8-7-31-24(16)34/h5-6,9-12,36H,7-8H2,1-4H3,(H2,28,35)(H,29,32,33). The van der Waals surface area contributed by atoms with Crippen molar-refractivity contribution in [2.45, 2.75) is 26.4 Å². The van der Waals surface area contributed by atoms with Crippen molar-refractivity contribution in [1.29, 1.82) is 0 Å². The first kappa shape index (κ1) is 23.6. The normalized spacial score (nSPS) is 14.7. The molecule has 2 aromatic heterocycles. The predicted octanol–water partition coefficient (Wildman–Crippen LogP) is 3.13. The molecule has 5 rings (SSSR count). The molecule has 0 fully saturated rings. The van der Waals surface area contributed by atoms with E-state index in [1.54, 1.807) is 39.2 Å². The van der Waals surface area contributed by atoms with Crippen molar-refractivity contribution in [1.82, 2.24) is 15.0 Å². The molecule has 184 valence electrons. The third-order valence-electron chi connectivity index (χ3n) is 6.37. The number of hydrogen-bond donors (Lipinski definition) is 3. The maximum absolute atomic E-state index is 15.5. The topological polar surface area (TPSA) is 130 Å². The molecule has 0 unspecified atom stereocenters. The molecule has 0 aliphatic carbocycles. The number of fused-ring (bicyclic) bond motifs is 3. The number of aromatic nitrogens is 3. The molecular weight excluding hydrogens is 461 g/mol. The Balaban J connectivity index is 1.76. The maximum Gasteiger partial charge on any atom is 0.267 e. The largest absolute Gasteiger partial charge is 0.386 e. The second-order valence-corrected chi connectivity index (χ2v) is 9.29. The number of aliphatic hydroxyl groups is 1. The SMILES string of the molecule is CNc1ncc2c(n1)N1CCN=C1C(c1cc(-c3c(C(C)(C)O)ccnc3C(N)=O)c(F)cc1C)=C2. The van der Waals surface area contributed by atoms with E-state index in [1.165, 1.54) is 12.3 Å². The molecule has 2 aliphatic rings. The first-order valence-corrected chi connectivity index (χ1v) is 11.5. The van der Waals surface area contributed by atoms with E-state index < -0.39 is 17.3 Å². The average molecular weight is 488 g/mol. The van der Waals surface area contributed by atoms with Gasteiger partial charge in [0, 0.05) is 48.2 Å². The van der Waals surface area contributed by atoms with Crippen LogP contribution in [-0.2, 0) is 5.60 Å². The number of nitrogens with two attached hydrogens (primary N) is 1. The number of carbonyl (C=O) groups excluding carboxylic acids is 1. The third kappa shape index (κ3) is 3.79. The zero-order valence-electron chi connectivity index (χ0n) is 20.4. The predicted molar refractivity (Wildman–Crippen MR) is 137 cm³/mol. The zero-order chi connectivity index (χ0) is 25.8. The molecule has 0 radical (unpaired) electrons. The van der Waals surface area contributed by atoms with Crippen LogP contribution in [0.4, 0.5) is 16.2 Å². The molecule has 0 saturated carbocycles. The molecule has 0 bridgehead atoms. The molecular formula is C26H26FN7O2. The van der Waals surface area contributed by atoms with Crippen LogP contribution < -0.4 is 16.0 Å². The lowest BCUT2D eigenvalue weighted by Gasteiger charge is -2.28. The summed E-state index contributed by atoms with van der Waals surface area (Å²) in [6.45, 7) is 6.19. The highest BCUT2D eigenvalue weighted by molar-refractivity contribution is 6.36. The number of amides is 1. The lowest BCUT2D eigenvalue weighted by Crippen LogP contribution is -2.32. The summed E-state index contributed by atoms with van der Waals surface area (Å²) in [7, 11) is 1.76. The lowest BCUT2D eigenvalue weighted by atomic mass is 9.85. The fourth-order valence-corrected chi connectivity index (χ4v) is 4.71. The van der Waals surface area contributed by atoms with Gasteiger partial charge in [-0.05, 0) is 61.7 Å². The van der Waals surface area contributed by atoms with Gasteiger partial charge in [0.1, 0.15) is 23.2 Å². The number of aliphatic imine (C=N–C) groups is 1. The van der Waals surface area contributed by atoms with E-state index >= 15 is 4.39 Å². The van der Waals surface area contributed by atoms with E-state index in [-0.39, 0.29) is 16.8 Å². The maximum atomic E-state index is 15.5. The molecule has 2 aliphatic heterocycles. The first-order valence-electron chi connectivity index (χ1n) is 11.5. The second-order valence-electron chi connectivity index (χ2n) is 9.29. The van der Waals surface area contributed by atoms with Crippen molar-refractivity contribution in [3.05, 3.63) is 64.4 Å². The van der Waals surface area contributed by atoms with E-state index in [4.69, 9.17) is 10.7 Å². The fraction of sp³-hybridized carbons (Fsp3) is 0.269. The van der Waals surface area contributed by atoms with Crippen molar-refractivity contribution in [2.24, 2.45) is 10.7 Å². The van der Waals surface area contributed by atoms with Crippen LogP contribution in [0.25, 0.3) is 22.8 Å². The van der Waals surface area contributed by atoms with Gasteiger partial charge in [-0.15, -0.1) is 0 Å².